The molecule has 2 N–H and O–H groups in total. The number of ether oxygens (including phenoxy) is 1. The molecule has 2 amide bonds. The molecule has 0 fully saturated rings. The van der Waals surface area contributed by atoms with Crippen LogP contribution in [0.5, 0.6) is 5.75 Å². The zero-order chi connectivity index (χ0) is 19.1. The number of carbonyl (C=O) groups excluding carboxylic acids is 2. The number of para-hydroxylation sites is 1. The van der Waals surface area contributed by atoms with Gasteiger partial charge in [-0.05, 0) is 56.2 Å². The lowest BCUT2D eigenvalue weighted by Gasteiger charge is -2.13. The van der Waals surface area contributed by atoms with Gasteiger partial charge in [-0.3, -0.25) is 9.59 Å². The van der Waals surface area contributed by atoms with E-state index in [1.54, 1.807) is 42.5 Å². The highest BCUT2D eigenvalue weighted by molar-refractivity contribution is 6.06. The molecule has 5 heteroatoms. The van der Waals surface area contributed by atoms with Crippen molar-refractivity contribution in [1.29, 1.82) is 0 Å². The Morgan fingerprint density at radius 3 is 2.19 bits per heavy atom. The lowest BCUT2D eigenvalue weighted by molar-refractivity contribution is 0.0942. The summed E-state index contributed by atoms with van der Waals surface area (Å²) in [6, 6.07) is 14.0. The Bertz CT molecular complexity index is 752. The first-order valence-corrected chi connectivity index (χ1v) is 8.81. The van der Waals surface area contributed by atoms with E-state index in [0.717, 1.165) is 0 Å². The largest absolute Gasteiger partial charge is 0.492 e. The van der Waals surface area contributed by atoms with Gasteiger partial charge < -0.3 is 15.4 Å². The Kier molecular flexibility index (Phi) is 6.78. The van der Waals surface area contributed by atoms with Crippen LogP contribution >= 0.6 is 0 Å². The summed E-state index contributed by atoms with van der Waals surface area (Å²) in [5, 5.41) is 5.68. The number of anilines is 1. The molecule has 0 saturated carbocycles. The van der Waals surface area contributed by atoms with Gasteiger partial charge in [-0.1, -0.05) is 26.0 Å². The molecular formula is C21H26N2O3. The second-order valence-electron chi connectivity index (χ2n) is 6.86. The first-order chi connectivity index (χ1) is 12.4. The highest BCUT2D eigenvalue weighted by Crippen LogP contribution is 2.20. The van der Waals surface area contributed by atoms with Crippen LogP contribution in [-0.2, 0) is 0 Å². The van der Waals surface area contributed by atoms with Gasteiger partial charge in [0.1, 0.15) is 5.75 Å². The minimum atomic E-state index is -0.247. The van der Waals surface area contributed by atoms with Crippen LogP contribution in [0.25, 0.3) is 0 Å². The van der Waals surface area contributed by atoms with Crippen molar-refractivity contribution in [3.8, 4) is 5.75 Å². The normalized spacial score (nSPS) is 10.7. The maximum atomic E-state index is 12.6. The maximum absolute atomic E-state index is 12.6. The van der Waals surface area contributed by atoms with Crippen LogP contribution in [0, 0.1) is 5.92 Å². The lowest BCUT2D eigenvalue weighted by atomic mass is 10.1. The lowest BCUT2D eigenvalue weighted by Crippen LogP contribution is -2.30. The number of carbonyl (C=O) groups is 2. The van der Waals surface area contributed by atoms with E-state index in [4.69, 9.17) is 4.74 Å². The van der Waals surface area contributed by atoms with E-state index in [2.05, 4.69) is 24.5 Å². The van der Waals surface area contributed by atoms with Gasteiger partial charge in [-0.25, -0.2) is 0 Å². The van der Waals surface area contributed by atoms with Crippen molar-refractivity contribution in [1.82, 2.24) is 5.32 Å². The summed E-state index contributed by atoms with van der Waals surface area (Å²) in [7, 11) is 0. The molecule has 5 nitrogen and oxygen atoms in total. The molecule has 0 heterocycles. The zero-order valence-electron chi connectivity index (χ0n) is 15.7. The minimum Gasteiger partial charge on any atom is -0.492 e. The number of benzene rings is 2. The summed E-state index contributed by atoms with van der Waals surface area (Å²) < 4.78 is 5.73. The molecule has 26 heavy (non-hydrogen) atoms. The van der Waals surface area contributed by atoms with Gasteiger partial charge in [0.2, 0.25) is 0 Å². The quantitative estimate of drug-likeness (QED) is 0.786. The van der Waals surface area contributed by atoms with Crippen molar-refractivity contribution in [3.63, 3.8) is 0 Å². The van der Waals surface area contributed by atoms with Crippen molar-refractivity contribution in [2.45, 2.75) is 33.7 Å². The summed E-state index contributed by atoms with van der Waals surface area (Å²) in [5.41, 5.74) is 1.65. The highest BCUT2D eigenvalue weighted by atomic mass is 16.5. The molecule has 138 valence electrons. The Balaban J connectivity index is 2.07. The summed E-state index contributed by atoms with van der Waals surface area (Å²) in [4.78, 5) is 24.5. The van der Waals surface area contributed by atoms with E-state index >= 15 is 0 Å². The number of hydrogen-bond acceptors (Lipinski definition) is 3. The monoisotopic (exact) mass is 354 g/mol. The Labute approximate surface area is 154 Å². The van der Waals surface area contributed by atoms with E-state index in [9.17, 15) is 9.59 Å². The topological polar surface area (TPSA) is 67.4 Å². The maximum Gasteiger partial charge on any atom is 0.259 e. The second-order valence-corrected chi connectivity index (χ2v) is 6.86. The molecule has 0 saturated heterocycles. The fraction of sp³-hybridized carbons (Fsp3) is 0.333. The summed E-state index contributed by atoms with van der Waals surface area (Å²) in [5.74, 6) is 0.552. The average molecular weight is 354 g/mol. The van der Waals surface area contributed by atoms with Crippen LogP contribution in [-0.4, -0.2) is 24.5 Å². The third-order valence-electron chi connectivity index (χ3n) is 3.53. The standard InChI is InChI=1S/C21H26N2O3/c1-14(2)13-26-19-8-6-5-7-18(19)21(25)23-17-11-9-16(10-12-17)20(24)22-15(3)4/h5-12,14-15H,13H2,1-4H3,(H,22,24)(H,23,25). The third-order valence-corrected chi connectivity index (χ3v) is 3.53. The van der Waals surface area contributed by atoms with Crippen molar-refractivity contribution >= 4 is 17.5 Å². The van der Waals surface area contributed by atoms with Gasteiger partial charge >= 0.3 is 0 Å². The third kappa shape index (κ3) is 5.62. The molecule has 0 aliphatic rings. The fourth-order valence-corrected chi connectivity index (χ4v) is 2.29. The Morgan fingerprint density at radius 2 is 1.58 bits per heavy atom. The summed E-state index contributed by atoms with van der Waals surface area (Å²) in [6.07, 6.45) is 0. The summed E-state index contributed by atoms with van der Waals surface area (Å²) >= 11 is 0. The zero-order valence-corrected chi connectivity index (χ0v) is 15.7. The van der Waals surface area contributed by atoms with Gasteiger partial charge in [0.15, 0.2) is 0 Å². The van der Waals surface area contributed by atoms with Gasteiger partial charge in [-0.2, -0.15) is 0 Å². The fourth-order valence-electron chi connectivity index (χ4n) is 2.29. The van der Waals surface area contributed by atoms with Gasteiger partial charge in [0.25, 0.3) is 11.8 Å². The molecule has 0 radical (unpaired) electrons. The van der Waals surface area contributed by atoms with E-state index < -0.39 is 0 Å². The van der Waals surface area contributed by atoms with E-state index in [-0.39, 0.29) is 17.9 Å². The number of hydrogen-bond donors (Lipinski definition) is 2. The molecule has 2 aromatic carbocycles. The van der Waals surface area contributed by atoms with Crippen LogP contribution in [0.4, 0.5) is 5.69 Å². The van der Waals surface area contributed by atoms with Crippen LogP contribution < -0.4 is 15.4 Å². The van der Waals surface area contributed by atoms with Crippen molar-refractivity contribution in [3.05, 3.63) is 59.7 Å². The number of amides is 2. The second kappa shape index (κ2) is 9.04. The SMILES string of the molecule is CC(C)COc1ccccc1C(=O)Nc1ccc(C(=O)NC(C)C)cc1. The first kappa shape index (κ1) is 19.5. The van der Waals surface area contributed by atoms with E-state index in [1.165, 1.54) is 0 Å². The Hall–Kier alpha value is -2.82. The summed E-state index contributed by atoms with van der Waals surface area (Å²) in [6.45, 7) is 8.47. The van der Waals surface area contributed by atoms with Crippen molar-refractivity contribution in [2.75, 3.05) is 11.9 Å². The predicted molar refractivity (Wildman–Crippen MR) is 104 cm³/mol. The molecule has 2 aromatic rings. The molecule has 0 unspecified atom stereocenters. The van der Waals surface area contributed by atoms with Crippen LogP contribution in [0.1, 0.15) is 48.4 Å². The van der Waals surface area contributed by atoms with Crippen molar-refractivity contribution < 1.29 is 14.3 Å². The number of nitrogens with one attached hydrogen (secondary N) is 2. The van der Waals surface area contributed by atoms with Crippen molar-refractivity contribution in [2.24, 2.45) is 5.92 Å². The van der Waals surface area contributed by atoms with Crippen LogP contribution in [0.3, 0.4) is 0 Å². The number of rotatable bonds is 7. The molecule has 0 aliphatic carbocycles. The molecule has 0 aromatic heterocycles. The van der Waals surface area contributed by atoms with Gasteiger partial charge in [-0.15, -0.1) is 0 Å². The highest BCUT2D eigenvalue weighted by Gasteiger charge is 2.13. The molecule has 0 atom stereocenters. The minimum absolute atomic E-state index is 0.0734. The van der Waals surface area contributed by atoms with E-state index in [0.29, 0.717) is 35.1 Å². The van der Waals surface area contributed by atoms with Crippen LogP contribution in [0.2, 0.25) is 0 Å². The smallest absolute Gasteiger partial charge is 0.259 e. The van der Waals surface area contributed by atoms with Gasteiger partial charge in [0.05, 0.1) is 12.2 Å². The molecule has 0 aliphatic heterocycles. The predicted octanol–water partition coefficient (Wildman–Crippen LogP) is 4.11. The Morgan fingerprint density at radius 1 is 0.923 bits per heavy atom. The van der Waals surface area contributed by atoms with Crippen LogP contribution in [0.15, 0.2) is 48.5 Å². The average Bonchev–Trinajstić information content (AvgIpc) is 2.60. The molecule has 0 spiro atoms. The molecule has 2 rings (SSSR count). The molecular weight excluding hydrogens is 328 g/mol. The van der Waals surface area contributed by atoms with Gasteiger partial charge in [0, 0.05) is 17.3 Å². The molecule has 0 bridgehead atoms. The first-order valence-electron chi connectivity index (χ1n) is 8.81. The van der Waals surface area contributed by atoms with E-state index in [1.807, 2.05) is 19.9 Å².